The second kappa shape index (κ2) is 14.3. The summed E-state index contributed by atoms with van der Waals surface area (Å²) >= 11 is 7.07. The van der Waals surface area contributed by atoms with Crippen LogP contribution < -0.4 is 29.6 Å². The molecule has 3 aromatic carbocycles. The molecule has 0 atom stereocenters. The molecule has 1 heterocycles. The van der Waals surface area contributed by atoms with Crippen molar-refractivity contribution in [1.82, 2.24) is 20.1 Å². The number of carbonyl (C=O) groups is 2. The summed E-state index contributed by atoms with van der Waals surface area (Å²) < 4.78 is 23.4. The van der Waals surface area contributed by atoms with Gasteiger partial charge in [-0.2, -0.15) is 0 Å². The van der Waals surface area contributed by atoms with Crippen LogP contribution in [0.3, 0.4) is 0 Å². The van der Waals surface area contributed by atoms with Crippen LogP contribution in [0.25, 0.3) is 5.69 Å². The van der Waals surface area contributed by atoms with Crippen molar-refractivity contribution in [1.29, 1.82) is 0 Å². The van der Waals surface area contributed by atoms with E-state index < -0.39 is 0 Å². The number of hydrogen-bond acceptors (Lipinski definition) is 9. The highest BCUT2D eigenvalue weighted by molar-refractivity contribution is 7.99. The number of anilines is 1. The lowest BCUT2D eigenvalue weighted by molar-refractivity contribution is -0.123. The minimum absolute atomic E-state index is 0.0365. The number of thioether (sulfide) groups is 1. The molecule has 0 aliphatic heterocycles. The van der Waals surface area contributed by atoms with Gasteiger partial charge in [-0.15, -0.1) is 10.2 Å². The van der Waals surface area contributed by atoms with Crippen LogP contribution in [0, 0.1) is 0 Å². The first-order chi connectivity index (χ1) is 19.9. The first-order valence-electron chi connectivity index (χ1n) is 12.3. The Morgan fingerprint density at radius 3 is 2.22 bits per heavy atom. The standard InChI is InChI=1S/C28H28ClN5O6S/c1-37-20-10-6-19(7-11-20)31-27(36)17-41-28-33-32-25(34(28)23-14-22(38-2)12-13-24(23)39-3)15-30-26(35)16-40-21-8-4-18(29)5-9-21/h4-14H,15-17H2,1-3H3,(H,30,35)(H,31,36). The van der Waals surface area contributed by atoms with Crippen molar-refractivity contribution in [2.45, 2.75) is 11.7 Å². The quantitative estimate of drug-likeness (QED) is 0.216. The minimum Gasteiger partial charge on any atom is -0.497 e. The maximum absolute atomic E-state index is 12.7. The van der Waals surface area contributed by atoms with E-state index in [0.29, 0.717) is 50.4 Å². The molecule has 0 spiro atoms. The number of methoxy groups -OCH3 is 3. The van der Waals surface area contributed by atoms with Crippen LogP contribution in [0.15, 0.2) is 71.9 Å². The van der Waals surface area contributed by atoms with Gasteiger partial charge < -0.3 is 29.6 Å². The average molecular weight is 598 g/mol. The van der Waals surface area contributed by atoms with Crippen LogP contribution in [0.1, 0.15) is 5.82 Å². The van der Waals surface area contributed by atoms with E-state index in [-0.39, 0.29) is 30.7 Å². The lowest BCUT2D eigenvalue weighted by Gasteiger charge is -2.15. The Morgan fingerprint density at radius 2 is 1.54 bits per heavy atom. The topological polar surface area (TPSA) is 126 Å². The molecule has 0 aliphatic rings. The van der Waals surface area contributed by atoms with E-state index in [9.17, 15) is 9.59 Å². The molecule has 2 N–H and O–H groups in total. The summed E-state index contributed by atoms with van der Waals surface area (Å²) in [5, 5.41) is 15.2. The monoisotopic (exact) mass is 597 g/mol. The number of benzene rings is 3. The molecule has 0 aliphatic carbocycles. The third kappa shape index (κ3) is 8.05. The number of nitrogens with zero attached hydrogens (tertiary/aromatic N) is 3. The predicted octanol–water partition coefficient (Wildman–Crippen LogP) is 4.37. The second-order valence-corrected chi connectivity index (χ2v) is 9.74. The Balaban J connectivity index is 1.49. The highest BCUT2D eigenvalue weighted by atomic mass is 35.5. The van der Waals surface area contributed by atoms with Gasteiger partial charge in [-0.25, -0.2) is 0 Å². The smallest absolute Gasteiger partial charge is 0.258 e. The molecule has 41 heavy (non-hydrogen) atoms. The van der Waals surface area contributed by atoms with E-state index in [1.165, 1.54) is 11.8 Å². The third-order valence-corrected chi connectivity index (χ3v) is 6.84. The minimum atomic E-state index is -0.361. The zero-order valence-electron chi connectivity index (χ0n) is 22.5. The van der Waals surface area contributed by atoms with E-state index in [1.807, 2.05) is 0 Å². The number of ether oxygens (including phenoxy) is 4. The van der Waals surface area contributed by atoms with Gasteiger partial charge in [0.05, 0.1) is 39.3 Å². The number of nitrogens with one attached hydrogen (secondary N) is 2. The summed E-state index contributed by atoms with van der Waals surface area (Å²) in [6.07, 6.45) is 0. The molecule has 13 heteroatoms. The van der Waals surface area contributed by atoms with Crippen molar-refractivity contribution in [2.75, 3.05) is 39.0 Å². The van der Waals surface area contributed by atoms with Crippen molar-refractivity contribution >= 4 is 40.9 Å². The predicted molar refractivity (Wildman–Crippen MR) is 156 cm³/mol. The number of amides is 2. The number of hydrogen-bond donors (Lipinski definition) is 2. The second-order valence-electron chi connectivity index (χ2n) is 8.36. The van der Waals surface area contributed by atoms with Crippen molar-refractivity contribution < 1.29 is 28.5 Å². The van der Waals surface area contributed by atoms with Gasteiger partial charge in [-0.3, -0.25) is 14.2 Å². The molecule has 0 saturated carbocycles. The molecule has 11 nitrogen and oxygen atoms in total. The summed E-state index contributed by atoms with van der Waals surface area (Å²) in [6, 6.07) is 19.0. The van der Waals surface area contributed by atoms with Gasteiger partial charge in [0.25, 0.3) is 5.91 Å². The highest BCUT2D eigenvalue weighted by Gasteiger charge is 2.20. The third-order valence-electron chi connectivity index (χ3n) is 5.66. The van der Waals surface area contributed by atoms with Gasteiger partial charge in [0.2, 0.25) is 5.91 Å². The SMILES string of the molecule is COc1ccc(NC(=O)CSc2nnc(CNC(=O)COc3ccc(Cl)cc3)n2-c2cc(OC)ccc2OC)cc1. The molecule has 0 saturated heterocycles. The fraction of sp³-hybridized carbons (Fsp3) is 0.214. The van der Waals surface area contributed by atoms with Crippen LogP contribution in [0.2, 0.25) is 5.02 Å². The fourth-order valence-corrected chi connectivity index (χ4v) is 4.52. The van der Waals surface area contributed by atoms with E-state index in [1.54, 1.807) is 92.6 Å². The van der Waals surface area contributed by atoms with Gasteiger partial charge in [0, 0.05) is 16.8 Å². The summed E-state index contributed by atoms with van der Waals surface area (Å²) in [5.41, 5.74) is 1.22. The molecular formula is C28H28ClN5O6S. The summed E-state index contributed by atoms with van der Waals surface area (Å²) in [6.45, 7) is -0.166. The maximum Gasteiger partial charge on any atom is 0.258 e. The Hall–Kier alpha value is -4.42. The number of rotatable bonds is 13. The molecule has 2 amide bonds. The van der Waals surface area contributed by atoms with Crippen molar-refractivity contribution in [3.63, 3.8) is 0 Å². The van der Waals surface area contributed by atoms with Crippen LogP contribution in [-0.4, -0.2) is 60.3 Å². The molecule has 4 rings (SSSR count). The van der Waals surface area contributed by atoms with E-state index in [0.717, 1.165) is 0 Å². The van der Waals surface area contributed by atoms with Crippen molar-refractivity contribution in [2.24, 2.45) is 0 Å². The van der Waals surface area contributed by atoms with Crippen LogP contribution in [0.4, 0.5) is 5.69 Å². The summed E-state index contributed by atoms with van der Waals surface area (Å²) in [4.78, 5) is 25.2. The average Bonchev–Trinajstić information content (AvgIpc) is 3.41. The maximum atomic E-state index is 12.7. The Kier molecular flexibility index (Phi) is 10.3. The summed E-state index contributed by atoms with van der Waals surface area (Å²) in [5.74, 6) is 2.17. The first kappa shape index (κ1) is 29.6. The Bertz CT molecular complexity index is 1480. The van der Waals surface area contributed by atoms with E-state index in [2.05, 4.69) is 20.8 Å². The number of carbonyl (C=O) groups excluding carboxylic acids is 2. The largest absolute Gasteiger partial charge is 0.497 e. The van der Waals surface area contributed by atoms with Crippen molar-refractivity contribution in [3.8, 4) is 28.7 Å². The molecular weight excluding hydrogens is 570 g/mol. The molecule has 0 radical (unpaired) electrons. The number of aromatic nitrogens is 3. The lowest BCUT2D eigenvalue weighted by atomic mass is 10.2. The van der Waals surface area contributed by atoms with Crippen LogP contribution in [0.5, 0.6) is 23.0 Å². The lowest BCUT2D eigenvalue weighted by Crippen LogP contribution is -2.29. The van der Waals surface area contributed by atoms with Crippen LogP contribution >= 0.6 is 23.4 Å². The van der Waals surface area contributed by atoms with E-state index in [4.69, 9.17) is 30.5 Å². The normalized spacial score (nSPS) is 10.5. The molecule has 1 aromatic heterocycles. The van der Waals surface area contributed by atoms with Gasteiger partial charge in [0.15, 0.2) is 17.6 Å². The zero-order chi connectivity index (χ0) is 29.2. The van der Waals surface area contributed by atoms with Gasteiger partial charge in [0.1, 0.15) is 23.0 Å². The fourth-order valence-electron chi connectivity index (χ4n) is 3.63. The Labute approximate surface area is 246 Å². The molecule has 0 unspecified atom stereocenters. The van der Waals surface area contributed by atoms with Crippen molar-refractivity contribution in [3.05, 3.63) is 77.6 Å². The summed E-state index contributed by atoms with van der Waals surface area (Å²) in [7, 11) is 4.67. The van der Waals surface area contributed by atoms with Gasteiger partial charge >= 0.3 is 0 Å². The highest BCUT2D eigenvalue weighted by Crippen LogP contribution is 2.32. The molecule has 214 valence electrons. The zero-order valence-corrected chi connectivity index (χ0v) is 24.1. The molecule has 0 fully saturated rings. The van der Waals surface area contributed by atoms with Gasteiger partial charge in [-0.05, 0) is 60.7 Å². The van der Waals surface area contributed by atoms with E-state index >= 15 is 0 Å². The van der Waals surface area contributed by atoms with Gasteiger partial charge in [-0.1, -0.05) is 23.4 Å². The number of halogens is 1. The van der Waals surface area contributed by atoms with Crippen LogP contribution in [-0.2, 0) is 16.1 Å². The Morgan fingerprint density at radius 1 is 0.854 bits per heavy atom. The molecule has 4 aromatic rings. The first-order valence-corrected chi connectivity index (χ1v) is 13.6. The molecule has 0 bridgehead atoms.